The van der Waals surface area contributed by atoms with Gasteiger partial charge in [-0.15, -0.1) is 0 Å². The average Bonchev–Trinajstić information content (AvgIpc) is 2.25. The van der Waals surface area contributed by atoms with Crippen molar-refractivity contribution in [3.05, 3.63) is 29.3 Å². The minimum Gasteiger partial charge on any atom is -0.496 e. The third-order valence-corrected chi connectivity index (χ3v) is 2.40. The molecule has 0 fully saturated rings. The maximum absolute atomic E-state index is 13.3. The molecular formula is C12H17FO2. The largest absolute Gasteiger partial charge is 0.496 e. The smallest absolute Gasteiger partial charge is 0.123 e. The Labute approximate surface area is 89.7 Å². The molecule has 0 saturated carbocycles. The maximum atomic E-state index is 13.3. The number of benzene rings is 1. The lowest BCUT2D eigenvalue weighted by molar-refractivity contribution is 0.286. The zero-order valence-electron chi connectivity index (χ0n) is 9.16. The summed E-state index contributed by atoms with van der Waals surface area (Å²) < 4.78 is 18.5. The number of hydrogen-bond acceptors (Lipinski definition) is 2. The average molecular weight is 212 g/mol. The van der Waals surface area contributed by atoms with Crippen LogP contribution >= 0.6 is 0 Å². The molecule has 1 N–H and O–H groups in total. The summed E-state index contributed by atoms with van der Waals surface area (Å²) in [6.07, 6.45) is 0.262. The fourth-order valence-electron chi connectivity index (χ4n) is 1.67. The second kappa shape index (κ2) is 5.71. The highest BCUT2D eigenvalue weighted by Gasteiger charge is 2.13. The Morgan fingerprint density at radius 1 is 1.47 bits per heavy atom. The SMILES string of the molecule is COc1cccc(C(C)F)c1CCCO. The van der Waals surface area contributed by atoms with Crippen LogP contribution in [0.5, 0.6) is 5.75 Å². The number of alkyl halides is 1. The fourth-order valence-corrected chi connectivity index (χ4v) is 1.67. The highest BCUT2D eigenvalue weighted by atomic mass is 19.1. The number of hydrogen-bond donors (Lipinski definition) is 1. The lowest BCUT2D eigenvalue weighted by Gasteiger charge is -2.14. The van der Waals surface area contributed by atoms with Crippen LogP contribution in [-0.2, 0) is 6.42 Å². The first kappa shape index (κ1) is 12.0. The summed E-state index contributed by atoms with van der Waals surface area (Å²) in [5.41, 5.74) is 1.52. The molecule has 1 aromatic rings. The number of methoxy groups -OCH3 is 1. The number of halogens is 1. The van der Waals surface area contributed by atoms with Crippen molar-refractivity contribution in [3.8, 4) is 5.75 Å². The van der Waals surface area contributed by atoms with Crippen LogP contribution in [0.25, 0.3) is 0 Å². The van der Waals surface area contributed by atoms with Crippen molar-refractivity contribution in [1.29, 1.82) is 0 Å². The van der Waals surface area contributed by atoms with Crippen molar-refractivity contribution in [3.63, 3.8) is 0 Å². The first-order chi connectivity index (χ1) is 7.20. The van der Waals surface area contributed by atoms with E-state index in [4.69, 9.17) is 9.84 Å². The van der Waals surface area contributed by atoms with Crippen LogP contribution in [0, 0.1) is 0 Å². The molecule has 0 bridgehead atoms. The number of aliphatic hydroxyl groups is 1. The van der Waals surface area contributed by atoms with Crippen molar-refractivity contribution in [2.24, 2.45) is 0 Å². The Kier molecular flexibility index (Phi) is 4.56. The summed E-state index contributed by atoms with van der Waals surface area (Å²) in [5.74, 6) is 0.699. The quantitative estimate of drug-likeness (QED) is 0.813. The molecule has 1 aromatic carbocycles. The van der Waals surface area contributed by atoms with Crippen molar-refractivity contribution in [2.45, 2.75) is 25.9 Å². The molecule has 1 rings (SSSR count). The van der Waals surface area contributed by atoms with Gasteiger partial charge in [0.1, 0.15) is 11.9 Å². The Balaban J connectivity index is 3.03. The molecule has 0 heterocycles. The van der Waals surface area contributed by atoms with E-state index in [1.807, 2.05) is 6.07 Å². The summed E-state index contributed by atoms with van der Waals surface area (Å²) in [5, 5.41) is 8.79. The molecule has 0 aliphatic heterocycles. The van der Waals surface area contributed by atoms with Crippen LogP contribution in [0.1, 0.15) is 30.6 Å². The van der Waals surface area contributed by atoms with Gasteiger partial charge >= 0.3 is 0 Å². The Morgan fingerprint density at radius 2 is 2.20 bits per heavy atom. The molecule has 84 valence electrons. The van der Waals surface area contributed by atoms with E-state index in [9.17, 15) is 4.39 Å². The molecule has 2 nitrogen and oxygen atoms in total. The van der Waals surface area contributed by atoms with Gasteiger partial charge in [-0.1, -0.05) is 12.1 Å². The third-order valence-electron chi connectivity index (χ3n) is 2.40. The number of aliphatic hydroxyl groups excluding tert-OH is 1. The van der Waals surface area contributed by atoms with Gasteiger partial charge in [0.25, 0.3) is 0 Å². The molecule has 1 atom stereocenters. The molecule has 0 saturated heterocycles. The summed E-state index contributed by atoms with van der Waals surface area (Å²) in [4.78, 5) is 0. The Bertz CT molecular complexity index is 310. The molecule has 3 heteroatoms. The van der Waals surface area contributed by atoms with Crippen LogP contribution < -0.4 is 4.74 Å². The van der Waals surface area contributed by atoms with Crippen molar-refractivity contribution in [1.82, 2.24) is 0 Å². The molecule has 0 aliphatic rings. The van der Waals surface area contributed by atoms with Crippen molar-refractivity contribution >= 4 is 0 Å². The van der Waals surface area contributed by atoms with E-state index in [1.54, 1.807) is 19.2 Å². The second-order valence-corrected chi connectivity index (χ2v) is 3.47. The summed E-state index contributed by atoms with van der Waals surface area (Å²) in [6.45, 7) is 1.62. The predicted octanol–water partition coefficient (Wildman–Crippen LogP) is 2.65. The lowest BCUT2D eigenvalue weighted by atomic mass is 9.99. The molecule has 0 spiro atoms. The number of rotatable bonds is 5. The molecule has 1 unspecified atom stereocenters. The van der Waals surface area contributed by atoms with Crippen LogP contribution in [0.3, 0.4) is 0 Å². The van der Waals surface area contributed by atoms with Gasteiger partial charge < -0.3 is 9.84 Å². The second-order valence-electron chi connectivity index (χ2n) is 3.47. The van der Waals surface area contributed by atoms with Crippen LogP contribution in [0.4, 0.5) is 4.39 Å². The molecule has 0 aliphatic carbocycles. The van der Waals surface area contributed by atoms with Crippen molar-refractivity contribution < 1.29 is 14.2 Å². The molecular weight excluding hydrogens is 195 g/mol. The van der Waals surface area contributed by atoms with E-state index in [0.717, 1.165) is 5.56 Å². The predicted molar refractivity (Wildman–Crippen MR) is 57.9 cm³/mol. The normalized spacial score (nSPS) is 12.5. The van der Waals surface area contributed by atoms with Gasteiger partial charge in [-0.25, -0.2) is 4.39 Å². The summed E-state index contributed by atoms with van der Waals surface area (Å²) in [7, 11) is 1.57. The lowest BCUT2D eigenvalue weighted by Crippen LogP contribution is -2.00. The maximum Gasteiger partial charge on any atom is 0.123 e. The van der Waals surface area contributed by atoms with Gasteiger partial charge in [0, 0.05) is 12.2 Å². The highest BCUT2D eigenvalue weighted by Crippen LogP contribution is 2.29. The van der Waals surface area contributed by atoms with Crippen LogP contribution in [0.15, 0.2) is 18.2 Å². The van der Waals surface area contributed by atoms with E-state index in [2.05, 4.69) is 0 Å². The molecule has 0 radical (unpaired) electrons. The number of ether oxygens (including phenoxy) is 1. The molecule has 15 heavy (non-hydrogen) atoms. The summed E-state index contributed by atoms with van der Waals surface area (Å²) in [6, 6.07) is 5.37. The standard InChI is InChI=1S/C12H17FO2/c1-9(13)10-5-3-7-12(15-2)11(10)6-4-8-14/h3,5,7,9,14H,4,6,8H2,1-2H3. The third kappa shape index (κ3) is 2.93. The van der Waals surface area contributed by atoms with Gasteiger partial charge in [0.05, 0.1) is 7.11 Å². The fraction of sp³-hybridized carbons (Fsp3) is 0.500. The van der Waals surface area contributed by atoms with E-state index in [0.29, 0.717) is 24.2 Å². The Hall–Kier alpha value is -1.09. The molecule has 0 aromatic heterocycles. The van der Waals surface area contributed by atoms with Gasteiger partial charge in [0.15, 0.2) is 0 Å². The minimum atomic E-state index is -1.01. The first-order valence-corrected chi connectivity index (χ1v) is 5.11. The zero-order chi connectivity index (χ0) is 11.3. The molecule has 0 amide bonds. The topological polar surface area (TPSA) is 29.5 Å². The first-order valence-electron chi connectivity index (χ1n) is 5.11. The summed E-state index contributed by atoms with van der Waals surface area (Å²) >= 11 is 0. The minimum absolute atomic E-state index is 0.109. The Morgan fingerprint density at radius 3 is 2.73 bits per heavy atom. The van der Waals surface area contributed by atoms with E-state index in [1.165, 1.54) is 6.92 Å². The highest BCUT2D eigenvalue weighted by molar-refractivity contribution is 5.41. The van der Waals surface area contributed by atoms with Gasteiger partial charge in [0.2, 0.25) is 0 Å². The van der Waals surface area contributed by atoms with E-state index in [-0.39, 0.29) is 6.61 Å². The monoisotopic (exact) mass is 212 g/mol. The van der Waals surface area contributed by atoms with Crippen molar-refractivity contribution in [2.75, 3.05) is 13.7 Å². The van der Waals surface area contributed by atoms with Crippen LogP contribution in [0.2, 0.25) is 0 Å². The zero-order valence-corrected chi connectivity index (χ0v) is 9.16. The van der Waals surface area contributed by atoms with Crippen LogP contribution in [-0.4, -0.2) is 18.8 Å². The van der Waals surface area contributed by atoms with Gasteiger partial charge in [-0.05, 0) is 31.4 Å². The van der Waals surface area contributed by atoms with Gasteiger partial charge in [-0.3, -0.25) is 0 Å². The van der Waals surface area contributed by atoms with E-state index < -0.39 is 6.17 Å². The van der Waals surface area contributed by atoms with E-state index >= 15 is 0 Å². The van der Waals surface area contributed by atoms with Gasteiger partial charge in [-0.2, -0.15) is 0 Å².